The summed E-state index contributed by atoms with van der Waals surface area (Å²) in [4.78, 5) is 7.04. The second-order valence-electron chi connectivity index (χ2n) is 4.57. The molecule has 1 aromatic carbocycles. The zero-order valence-electron chi connectivity index (χ0n) is 10.5. The summed E-state index contributed by atoms with van der Waals surface area (Å²) < 4.78 is 1.63. The van der Waals surface area contributed by atoms with E-state index in [1.54, 1.807) is 12.1 Å². The number of nitrogens with zero attached hydrogens (tertiary/aromatic N) is 1. The summed E-state index contributed by atoms with van der Waals surface area (Å²) in [6.45, 7) is 1.33. The third-order valence-electron chi connectivity index (χ3n) is 2.99. The van der Waals surface area contributed by atoms with Crippen molar-refractivity contribution in [1.29, 1.82) is 0 Å². The van der Waals surface area contributed by atoms with Crippen molar-refractivity contribution in [2.75, 3.05) is 0 Å². The van der Waals surface area contributed by atoms with Gasteiger partial charge >= 0.3 is 0 Å². The summed E-state index contributed by atoms with van der Waals surface area (Å²) in [6, 6.07) is 3.53. The average molecular weight is 410 g/mol. The van der Waals surface area contributed by atoms with Crippen molar-refractivity contribution in [1.82, 2.24) is 9.97 Å². The number of aliphatic hydroxyl groups is 4. The van der Waals surface area contributed by atoms with Gasteiger partial charge in [0, 0.05) is 8.95 Å². The minimum absolute atomic E-state index is 0.122. The first-order chi connectivity index (χ1) is 9.31. The Kier molecular flexibility index (Phi) is 4.83. The third-order valence-corrected chi connectivity index (χ3v) is 4.83. The molecule has 0 aliphatic rings. The van der Waals surface area contributed by atoms with Crippen molar-refractivity contribution in [3.05, 3.63) is 26.9 Å². The molecule has 0 aliphatic carbocycles. The van der Waals surface area contributed by atoms with Gasteiger partial charge in [0.2, 0.25) is 0 Å². The molecule has 1 heterocycles. The van der Waals surface area contributed by atoms with Crippen molar-refractivity contribution >= 4 is 42.9 Å². The molecule has 0 saturated heterocycles. The number of rotatable bonds is 4. The summed E-state index contributed by atoms with van der Waals surface area (Å²) in [5.74, 6) is 0.122. The lowest BCUT2D eigenvalue weighted by atomic mass is 10.0. The first-order valence-electron chi connectivity index (χ1n) is 5.88. The van der Waals surface area contributed by atoms with Crippen LogP contribution in [0.4, 0.5) is 0 Å². The van der Waals surface area contributed by atoms with E-state index in [2.05, 4.69) is 41.8 Å². The number of nitrogens with one attached hydrogen (secondary N) is 1. The summed E-state index contributed by atoms with van der Waals surface area (Å²) in [6.07, 6.45) is -5.59. The molecule has 0 bridgehead atoms. The minimum atomic E-state index is -1.54. The van der Waals surface area contributed by atoms with Crippen molar-refractivity contribution in [2.24, 2.45) is 0 Å². The number of halogens is 2. The second-order valence-corrected chi connectivity index (χ2v) is 6.28. The summed E-state index contributed by atoms with van der Waals surface area (Å²) >= 11 is 6.70. The van der Waals surface area contributed by atoms with Crippen LogP contribution >= 0.6 is 31.9 Å². The van der Waals surface area contributed by atoms with E-state index in [0.717, 1.165) is 8.95 Å². The van der Waals surface area contributed by atoms with E-state index in [-0.39, 0.29) is 5.82 Å². The number of hydrogen-bond donors (Lipinski definition) is 5. The number of aliphatic hydroxyl groups excluding tert-OH is 4. The number of fused-ring (bicyclic) bond motifs is 1. The van der Waals surface area contributed by atoms with E-state index in [0.29, 0.717) is 11.0 Å². The Bertz CT molecular complexity index is 578. The molecule has 2 unspecified atom stereocenters. The van der Waals surface area contributed by atoms with Crippen LogP contribution in [0.3, 0.4) is 0 Å². The van der Waals surface area contributed by atoms with E-state index >= 15 is 0 Å². The van der Waals surface area contributed by atoms with E-state index in [1.165, 1.54) is 6.92 Å². The van der Waals surface area contributed by atoms with Crippen molar-refractivity contribution in [3.8, 4) is 0 Å². The molecule has 8 heteroatoms. The van der Waals surface area contributed by atoms with Gasteiger partial charge in [-0.05, 0) is 50.9 Å². The van der Waals surface area contributed by atoms with Gasteiger partial charge < -0.3 is 25.4 Å². The SMILES string of the molecule is CC(O)[C@H](O)[C@H](O)C(O)c1nc2cc(Br)c(Br)cc2[nH]1. The van der Waals surface area contributed by atoms with E-state index < -0.39 is 24.4 Å². The maximum atomic E-state index is 10.0. The molecule has 0 saturated carbocycles. The molecule has 20 heavy (non-hydrogen) atoms. The van der Waals surface area contributed by atoms with Gasteiger partial charge in [-0.15, -0.1) is 0 Å². The first-order valence-corrected chi connectivity index (χ1v) is 7.46. The monoisotopic (exact) mass is 408 g/mol. The van der Waals surface area contributed by atoms with E-state index in [9.17, 15) is 20.4 Å². The predicted octanol–water partition coefficient (Wildman–Crippen LogP) is 1.22. The molecule has 1 aromatic heterocycles. The fraction of sp³-hybridized carbons (Fsp3) is 0.417. The van der Waals surface area contributed by atoms with Gasteiger partial charge in [-0.1, -0.05) is 0 Å². The molecular weight excluding hydrogens is 396 g/mol. The number of benzene rings is 1. The standard InChI is InChI=1S/C12H14Br2N2O4/c1-4(17)9(18)10(19)11(20)12-15-7-2-5(13)6(14)3-8(7)16-12/h2-4,9-11,17-20H,1H3,(H,15,16)/t4?,9-,10-,11?/m0/s1. The lowest BCUT2D eigenvalue weighted by Gasteiger charge is -2.23. The fourth-order valence-electron chi connectivity index (χ4n) is 1.80. The number of aromatic amines is 1. The molecule has 110 valence electrons. The lowest BCUT2D eigenvalue weighted by molar-refractivity contribution is -0.103. The van der Waals surface area contributed by atoms with Crippen LogP contribution in [0.2, 0.25) is 0 Å². The van der Waals surface area contributed by atoms with E-state index in [1.807, 2.05) is 0 Å². The van der Waals surface area contributed by atoms with Crippen LogP contribution in [0, 0.1) is 0 Å². The Labute approximate surface area is 131 Å². The Hall–Kier alpha value is -0.510. The number of aromatic nitrogens is 2. The molecule has 5 N–H and O–H groups in total. The van der Waals surface area contributed by atoms with Gasteiger partial charge in [0.1, 0.15) is 24.1 Å². The Morgan fingerprint density at radius 3 is 2.25 bits per heavy atom. The second kappa shape index (κ2) is 6.08. The number of hydrogen-bond acceptors (Lipinski definition) is 5. The molecule has 0 radical (unpaired) electrons. The molecule has 6 nitrogen and oxygen atoms in total. The third kappa shape index (κ3) is 3.05. The average Bonchev–Trinajstić information content (AvgIpc) is 2.79. The molecule has 0 aliphatic heterocycles. The Balaban J connectivity index is 2.33. The van der Waals surface area contributed by atoms with E-state index in [4.69, 9.17) is 0 Å². The van der Waals surface area contributed by atoms with Crippen LogP contribution in [0.15, 0.2) is 21.1 Å². The molecule has 4 atom stereocenters. The normalized spacial score (nSPS) is 17.9. The van der Waals surface area contributed by atoms with Gasteiger partial charge in [0.15, 0.2) is 0 Å². The number of imidazole rings is 1. The quantitative estimate of drug-likeness (QED) is 0.521. The molecular formula is C12H14Br2N2O4. The van der Waals surface area contributed by atoms with Crippen molar-refractivity contribution in [3.63, 3.8) is 0 Å². The summed E-state index contributed by atoms with van der Waals surface area (Å²) in [5, 5.41) is 38.6. The molecule has 2 aromatic rings. The van der Waals surface area contributed by atoms with Gasteiger partial charge in [-0.3, -0.25) is 0 Å². The van der Waals surface area contributed by atoms with Crippen LogP contribution in [0.5, 0.6) is 0 Å². The number of H-pyrrole nitrogens is 1. The minimum Gasteiger partial charge on any atom is -0.391 e. The predicted molar refractivity (Wildman–Crippen MR) is 80.1 cm³/mol. The Morgan fingerprint density at radius 2 is 1.65 bits per heavy atom. The lowest BCUT2D eigenvalue weighted by Crippen LogP contribution is -2.39. The molecule has 0 fully saturated rings. The topological polar surface area (TPSA) is 110 Å². The largest absolute Gasteiger partial charge is 0.391 e. The summed E-state index contributed by atoms with van der Waals surface area (Å²) in [5.41, 5.74) is 1.28. The van der Waals surface area contributed by atoms with Gasteiger partial charge in [0.05, 0.1) is 17.1 Å². The summed E-state index contributed by atoms with van der Waals surface area (Å²) in [7, 11) is 0. The maximum Gasteiger partial charge on any atom is 0.140 e. The van der Waals surface area contributed by atoms with Crippen LogP contribution in [0.25, 0.3) is 11.0 Å². The smallest absolute Gasteiger partial charge is 0.140 e. The van der Waals surface area contributed by atoms with Gasteiger partial charge in [0.25, 0.3) is 0 Å². The van der Waals surface area contributed by atoms with Crippen LogP contribution in [-0.4, -0.2) is 48.7 Å². The fourth-order valence-corrected chi connectivity index (χ4v) is 2.47. The van der Waals surface area contributed by atoms with Gasteiger partial charge in [-0.2, -0.15) is 0 Å². The maximum absolute atomic E-state index is 10.0. The molecule has 2 rings (SSSR count). The van der Waals surface area contributed by atoms with Crippen LogP contribution < -0.4 is 0 Å². The highest BCUT2D eigenvalue weighted by molar-refractivity contribution is 9.13. The Morgan fingerprint density at radius 1 is 1.05 bits per heavy atom. The van der Waals surface area contributed by atoms with Crippen molar-refractivity contribution in [2.45, 2.75) is 31.3 Å². The van der Waals surface area contributed by atoms with Crippen LogP contribution in [0.1, 0.15) is 18.9 Å². The highest BCUT2D eigenvalue weighted by Crippen LogP contribution is 2.29. The van der Waals surface area contributed by atoms with Crippen molar-refractivity contribution < 1.29 is 20.4 Å². The first kappa shape index (κ1) is 15.9. The molecule has 0 spiro atoms. The van der Waals surface area contributed by atoms with Gasteiger partial charge in [-0.25, -0.2) is 4.98 Å². The zero-order chi connectivity index (χ0) is 15.0. The van der Waals surface area contributed by atoms with Crippen LogP contribution in [-0.2, 0) is 0 Å². The molecule has 0 amide bonds. The zero-order valence-corrected chi connectivity index (χ0v) is 13.6. The highest BCUT2D eigenvalue weighted by Gasteiger charge is 2.31. The highest BCUT2D eigenvalue weighted by atomic mass is 79.9.